The Hall–Kier alpha value is -3.34. The number of nitrogens with zero attached hydrogens (tertiary/aromatic N) is 3. The lowest BCUT2D eigenvalue weighted by Gasteiger charge is -2.09. The highest BCUT2D eigenvalue weighted by atomic mass is 19.1. The number of pyridine rings is 1. The third kappa shape index (κ3) is 3.24. The second kappa shape index (κ2) is 6.52. The molecule has 0 radical (unpaired) electrons. The number of fused-ring (bicyclic) bond motifs is 1. The zero-order chi connectivity index (χ0) is 18.1. The van der Waals surface area contributed by atoms with Crippen molar-refractivity contribution in [2.24, 2.45) is 0 Å². The summed E-state index contributed by atoms with van der Waals surface area (Å²) in [6.07, 6.45) is 0.614. The first kappa shape index (κ1) is 16.1. The number of anilines is 1. The Kier molecular flexibility index (Phi) is 4.05. The minimum absolute atomic E-state index is 0.232. The molecule has 128 valence electrons. The van der Waals surface area contributed by atoms with Crippen LogP contribution >= 0.6 is 0 Å². The number of nitrogen functional groups attached to an aromatic ring is 1. The summed E-state index contributed by atoms with van der Waals surface area (Å²) in [6, 6.07) is 18.3. The number of halogens is 1. The third-order valence-electron chi connectivity index (χ3n) is 4.26. The van der Waals surface area contributed by atoms with Crippen molar-refractivity contribution in [2.45, 2.75) is 13.3 Å². The molecule has 0 atom stereocenters. The zero-order valence-electron chi connectivity index (χ0n) is 14.3. The summed E-state index contributed by atoms with van der Waals surface area (Å²) < 4.78 is 13.2. The Morgan fingerprint density at radius 1 is 0.846 bits per heavy atom. The van der Waals surface area contributed by atoms with Crippen LogP contribution in [0.1, 0.15) is 16.8 Å². The molecule has 2 aromatic heterocycles. The predicted octanol–water partition coefficient (Wildman–Crippen LogP) is 4.31. The molecular weight excluding hydrogens is 327 g/mol. The van der Waals surface area contributed by atoms with E-state index in [4.69, 9.17) is 10.7 Å². The van der Waals surface area contributed by atoms with Crippen molar-refractivity contribution in [3.8, 4) is 11.3 Å². The van der Waals surface area contributed by atoms with Crippen molar-refractivity contribution in [1.82, 2.24) is 15.0 Å². The standard InChI is InChI=1S/C21H17FN4/c1-13-2-4-14(5-3-13)12-19-20-18(25-21(23)26-19)11-10-17(24-20)15-6-8-16(22)9-7-15/h2-11H,12H2,1H3,(H2,23,25,26). The summed E-state index contributed by atoms with van der Waals surface area (Å²) in [6.45, 7) is 2.05. The Bertz CT molecular complexity index is 1070. The fourth-order valence-corrected chi connectivity index (χ4v) is 2.90. The van der Waals surface area contributed by atoms with Crippen LogP contribution in [0.25, 0.3) is 22.3 Å². The number of hydrogen-bond donors (Lipinski definition) is 1. The molecule has 0 aliphatic carbocycles. The molecule has 2 N–H and O–H groups in total. The normalized spacial score (nSPS) is 11.0. The van der Waals surface area contributed by atoms with Crippen LogP contribution in [-0.4, -0.2) is 15.0 Å². The molecule has 0 aliphatic heterocycles. The molecule has 0 saturated heterocycles. The van der Waals surface area contributed by atoms with Crippen LogP contribution in [0, 0.1) is 12.7 Å². The van der Waals surface area contributed by atoms with Gasteiger partial charge in [-0.15, -0.1) is 0 Å². The molecule has 5 heteroatoms. The van der Waals surface area contributed by atoms with Crippen LogP contribution in [0.4, 0.5) is 10.3 Å². The highest BCUT2D eigenvalue weighted by molar-refractivity contribution is 5.81. The lowest BCUT2D eigenvalue weighted by Crippen LogP contribution is -2.03. The van der Waals surface area contributed by atoms with Gasteiger partial charge in [0.2, 0.25) is 5.95 Å². The maximum absolute atomic E-state index is 13.2. The highest BCUT2D eigenvalue weighted by Gasteiger charge is 2.11. The number of benzene rings is 2. The molecule has 0 aliphatic rings. The Labute approximate surface area is 150 Å². The average Bonchev–Trinajstić information content (AvgIpc) is 2.64. The zero-order valence-corrected chi connectivity index (χ0v) is 14.3. The predicted molar refractivity (Wildman–Crippen MR) is 101 cm³/mol. The molecule has 0 bridgehead atoms. The number of nitrogens with two attached hydrogens (primary N) is 1. The van der Waals surface area contributed by atoms with Crippen LogP contribution in [0.2, 0.25) is 0 Å². The number of rotatable bonds is 3. The first-order valence-electron chi connectivity index (χ1n) is 8.33. The van der Waals surface area contributed by atoms with Gasteiger partial charge in [0, 0.05) is 12.0 Å². The Balaban J connectivity index is 1.81. The van der Waals surface area contributed by atoms with Gasteiger partial charge in [-0.3, -0.25) is 0 Å². The summed E-state index contributed by atoms with van der Waals surface area (Å²) in [4.78, 5) is 13.4. The third-order valence-corrected chi connectivity index (χ3v) is 4.26. The van der Waals surface area contributed by atoms with E-state index in [1.54, 1.807) is 12.1 Å². The number of aryl methyl sites for hydroxylation is 1. The molecular formula is C21H17FN4. The monoisotopic (exact) mass is 344 g/mol. The highest BCUT2D eigenvalue weighted by Crippen LogP contribution is 2.24. The van der Waals surface area contributed by atoms with E-state index in [0.29, 0.717) is 17.5 Å². The van der Waals surface area contributed by atoms with E-state index in [1.807, 2.05) is 12.1 Å². The topological polar surface area (TPSA) is 64.7 Å². The molecule has 2 aromatic carbocycles. The summed E-state index contributed by atoms with van der Waals surface area (Å²) >= 11 is 0. The van der Waals surface area contributed by atoms with Crippen molar-refractivity contribution in [2.75, 3.05) is 5.73 Å². The molecule has 4 rings (SSSR count). The molecule has 0 fully saturated rings. The second-order valence-corrected chi connectivity index (χ2v) is 6.26. The lowest BCUT2D eigenvalue weighted by atomic mass is 10.1. The van der Waals surface area contributed by atoms with Crippen molar-refractivity contribution in [3.63, 3.8) is 0 Å². The molecule has 0 amide bonds. The molecule has 2 heterocycles. The largest absolute Gasteiger partial charge is 0.368 e. The van der Waals surface area contributed by atoms with Crippen molar-refractivity contribution >= 4 is 17.0 Å². The number of hydrogen-bond acceptors (Lipinski definition) is 4. The van der Waals surface area contributed by atoms with E-state index in [-0.39, 0.29) is 11.8 Å². The Morgan fingerprint density at radius 2 is 1.58 bits per heavy atom. The van der Waals surface area contributed by atoms with E-state index >= 15 is 0 Å². The van der Waals surface area contributed by atoms with E-state index < -0.39 is 0 Å². The van der Waals surface area contributed by atoms with Crippen molar-refractivity contribution in [1.29, 1.82) is 0 Å². The van der Waals surface area contributed by atoms with Crippen molar-refractivity contribution < 1.29 is 4.39 Å². The van der Waals surface area contributed by atoms with E-state index in [2.05, 4.69) is 41.2 Å². The Morgan fingerprint density at radius 3 is 2.31 bits per heavy atom. The number of aromatic nitrogens is 3. The second-order valence-electron chi connectivity index (χ2n) is 6.26. The van der Waals surface area contributed by atoms with Gasteiger partial charge in [-0.25, -0.2) is 19.3 Å². The van der Waals surface area contributed by atoms with Gasteiger partial charge in [-0.2, -0.15) is 0 Å². The maximum Gasteiger partial charge on any atom is 0.220 e. The lowest BCUT2D eigenvalue weighted by molar-refractivity contribution is 0.628. The molecule has 4 aromatic rings. The summed E-state index contributed by atoms with van der Waals surface area (Å²) in [5.41, 5.74) is 12.0. The van der Waals surface area contributed by atoms with Gasteiger partial charge < -0.3 is 5.73 Å². The van der Waals surface area contributed by atoms with Crippen LogP contribution in [0.3, 0.4) is 0 Å². The van der Waals surface area contributed by atoms with E-state index in [0.717, 1.165) is 22.5 Å². The van der Waals surface area contributed by atoms with E-state index in [1.165, 1.54) is 17.7 Å². The smallest absolute Gasteiger partial charge is 0.220 e. The summed E-state index contributed by atoms with van der Waals surface area (Å²) in [5.74, 6) is -0.0401. The van der Waals surface area contributed by atoms with Crippen LogP contribution in [-0.2, 0) is 6.42 Å². The minimum Gasteiger partial charge on any atom is -0.368 e. The average molecular weight is 344 g/mol. The minimum atomic E-state index is -0.272. The van der Waals surface area contributed by atoms with Gasteiger partial charge in [-0.1, -0.05) is 29.8 Å². The SMILES string of the molecule is Cc1ccc(Cc2nc(N)nc3ccc(-c4ccc(F)cc4)nc23)cc1. The first-order chi connectivity index (χ1) is 12.6. The van der Waals surface area contributed by atoms with Crippen molar-refractivity contribution in [3.05, 3.63) is 83.3 Å². The summed E-state index contributed by atoms with van der Waals surface area (Å²) in [7, 11) is 0. The quantitative estimate of drug-likeness (QED) is 0.601. The molecule has 0 spiro atoms. The van der Waals surface area contributed by atoms with Gasteiger partial charge in [-0.05, 0) is 48.9 Å². The summed E-state index contributed by atoms with van der Waals surface area (Å²) in [5, 5.41) is 0. The van der Waals surface area contributed by atoms with Crippen LogP contribution in [0.15, 0.2) is 60.7 Å². The van der Waals surface area contributed by atoms with Crippen LogP contribution < -0.4 is 5.73 Å². The van der Waals surface area contributed by atoms with Gasteiger partial charge >= 0.3 is 0 Å². The van der Waals surface area contributed by atoms with Gasteiger partial charge in [0.25, 0.3) is 0 Å². The molecule has 4 nitrogen and oxygen atoms in total. The molecule has 0 unspecified atom stereocenters. The van der Waals surface area contributed by atoms with Gasteiger partial charge in [0.05, 0.1) is 16.9 Å². The van der Waals surface area contributed by atoms with Gasteiger partial charge in [0.15, 0.2) is 0 Å². The molecule has 26 heavy (non-hydrogen) atoms. The fourth-order valence-electron chi connectivity index (χ4n) is 2.90. The molecule has 0 saturated carbocycles. The van der Waals surface area contributed by atoms with E-state index in [9.17, 15) is 4.39 Å². The van der Waals surface area contributed by atoms with Gasteiger partial charge in [0.1, 0.15) is 11.3 Å². The van der Waals surface area contributed by atoms with Crippen LogP contribution in [0.5, 0.6) is 0 Å². The maximum atomic E-state index is 13.2. The first-order valence-corrected chi connectivity index (χ1v) is 8.33. The fraction of sp³-hybridized carbons (Fsp3) is 0.0952.